The highest BCUT2D eigenvalue weighted by Gasteiger charge is 2.57. The van der Waals surface area contributed by atoms with Crippen LogP contribution in [0.15, 0.2) is 51.4 Å². The number of aliphatic imine (C=N–C) groups is 2. The Morgan fingerprint density at radius 1 is 1.24 bits per heavy atom. The summed E-state index contributed by atoms with van der Waals surface area (Å²) >= 11 is 1.54. The maximum atomic E-state index is 8.41. The van der Waals surface area contributed by atoms with Crippen molar-refractivity contribution in [1.82, 2.24) is 15.5 Å². The Morgan fingerprint density at radius 3 is 2.45 bits per heavy atom. The number of likely N-dealkylation sites (N-methyl/N-ethyl adjacent to an activating group) is 1. The molecule has 2 fully saturated rings. The van der Waals surface area contributed by atoms with Crippen LogP contribution in [-0.2, 0) is 11.3 Å². The van der Waals surface area contributed by atoms with Gasteiger partial charge in [0.2, 0.25) is 0 Å². The van der Waals surface area contributed by atoms with E-state index in [1.807, 2.05) is 20.1 Å². The number of nitrogens with one attached hydrogen (secondary N) is 2. The largest absolute Gasteiger partial charge is 0.394 e. The number of benzene rings is 1. The quantitative estimate of drug-likeness (QED) is 0.337. The fraction of sp³-hybridized carbons (Fsp3) is 0.560. The molecule has 2 aliphatic rings. The highest BCUT2D eigenvalue weighted by Crippen LogP contribution is 2.54. The molecule has 1 aromatic rings. The number of hydrogen-bond donors (Lipinski definition) is 3. The summed E-state index contributed by atoms with van der Waals surface area (Å²) in [6.45, 7) is 14.1. The second kappa shape index (κ2) is 15.9. The molecule has 1 aliphatic carbocycles. The van der Waals surface area contributed by atoms with Gasteiger partial charge in [-0.25, -0.2) is 0 Å². The number of aliphatic hydroxyl groups excluding tert-OH is 1. The minimum atomic E-state index is 0.0830. The molecule has 0 aromatic heterocycles. The number of rotatable bonds is 11. The molecule has 3 rings (SSSR count). The fourth-order valence-corrected chi connectivity index (χ4v) is 5.10. The number of carbonyl (C=O) groups is 1. The van der Waals surface area contributed by atoms with Gasteiger partial charge in [-0.15, -0.1) is 11.8 Å². The van der Waals surface area contributed by atoms with Crippen molar-refractivity contribution in [1.29, 1.82) is 0 Å². The summed E-state index contributed by atoms with van der Waals surface area (Å²) in [4.78, 5) is 19.1. The molecule has 7 nitrogen and oxygen atoms in total. The zero-order valence-corrected chi connectivity index (χ0v) is 21.2. The van der Waals surface area contributed by atoms with Gasteiger partial charge in [0.25, 0.3) is 0 Å². The molecule has 8 heteroatoms. The van der Waals surface area contributed by atoms with Gasteiger partial charge in [-0.05, 0) is 50.8 Å². The average molecular weight is 476 g/mol. The molecule has 1 aliphatic heterocycles. The summed E-state index contributed by atoms with van der Waals surface area (Å²) in [5, 5.41) is 15.3. The third-order valence-electron chi connectivity index (χ3n) is 5.73. The zero-order chi connectivity index (χ0) is 24.6. The van der Waals surface area contributed by atoms with Crippen LogP contribution in [0.25, 0.3) is 0 Å². The first-order valence-corrected chi connectivity index (χ1v) is 12.5. The van der Waals surface area contributed by atoms with E-state index in [2.05, 4.69) is 69.5 Å². The van der Waals surface area contributed by atoms with Crippen LogP contribution in [0.1, 0.15) is 25.3 Å². The predicted octanol–water partition coefficient (Wildman–Crippen LogP) is 2.62. The van der Waals surface area contributed by atoms with Crippen LogP contribution in [0.2, 0.25) is 0 Å². The summed E-state index contributed by atoms with van der Waals surface area (Å²) in [5.74, 6) is 0. The van der Waals surface area contributed by atoms with E-state index < -0.39 is 0 Å². The first-order chi connectivity index (χ1) is 16.0. The summed E-state index contributed by atoms with van der Waals surface area (Å²) in [7, 11) is 2.01. The van der Waals surface area contributed by atoms with E-state index >= 15 is 0 Å². The van der Waals surface area contributed by atoms with Gasteiger partial charge in [-0.3, -0.25) is 14.9 Å². The number of nitrogens with zero attached hydrogens (tertiary/aromatic N) is 3. The van der Waals surface area contributed by atoms with Crippen molar-refractivity contribution < 1.29 is 9.90 Å². The van der Waals surface area contributed by atoms with Crippen LogP contribution < -0.4 is 10.6 Å². The van der Waals surface area contributed by atoms with Crippen molar-refractivity contribution in [2.75, 3.05) is 52.6 Å². The molecule has 1 saturated carbocycles. The molecule has 3 N–H and O–H groups in total. The fourth-order valence-electron chi connectivity index (χ4n) is 4.74. The van der Waals surface area contributed by atoms with Crippen molar-refractivity contribution in [2.45, 2.75) is 31.8 Å². The van der Waals surface area contributed by atoms with Crippen LogP contribution in [0.4, 0.5) is 0 Å². The van der Waals surface area contributed by atoms with Gasteiger partial charge in [0, 0.05) is 55.6 Å². The number of carbonyl (C=O) groups excluding carboxylic acids is 1. The Bertz CT molecular complexity index is 728. The molecule has 33 heavy (non-hydrogen) atoms. The van der Waals surface area contributed by atoms with Crippen molar-refractivity contribution in [3.8, 4) is 0 Å². The highest BCUT2D eigenvalue weighted by molar-refractivity contribution is 8.03. The normalized spacial score (nSPS) is 18.4. The maximum Gasteiger partial charge on any atom is 0.106 e. The van der Waals surface area contributed by atoms with E-state index in [9.17, 15) is 0 Å². The molecule has 1 heterocycles. The summed E-state index contributed by atoms with van der Waals surface area (Å²) in [6.07, 6.45) is 7.92. The Morgan fingerprint density at radius 2 is 1.91 bits per heavy atom. The van der Waals surface area contributed by atoms with Crippen molar-refractivity contribution in [2.24, 2.45) is 15.4 Å². The van der Waals surface area contributed by atoms with E-state index in [1.54, 1.807) is 24.2 Å². The SMILES string of the molecule is C=N/C=C(\C=NCCO)SC.C=O.CNCCNC1(C)CC2(CN(Cc3ccccc3)C2)C1. The van der Waals surface area contributed by atoms with Crippen LogP contribution >= 0.6 is 11.8 Å². The van der Waals surface area contributed by atoms with Gasteiger partial charge in [-0.2, -0.15) is 0 Å². The lowest BCUT2D eigenvalue weighted by Gasteiger charge is -2.64. The third-order valence-corrected chi connectivity index (χ3v) is 6.41. The minimum absolute atomic E-state index is 0.0830. The number of allylic oxidation sites excluding steroid dienone is 1. The van der Waals surface area contributed by atoms with E-state index in [-0.39, 0.29) is 6.61 Å². The van der Waals surface area contributed by atoms with Crippen LogP contribution in [0, 0.1) is 5.41 Å². The monoisotopic (exact) mass is 475 g/mol. The number of likely N-dealkylation sites (tertiary alicyclic amines) is 1. The maximum absolute atomic E-state index is 8.41. The lowest BCUT2D eigenvalue weighted by Crippen LogP contribution is -2.70. The lowest BCUT2D eigenvalue weighted by atomic mass is 9.54. The molecule has 0 atom stereocenters. The van der Waals surface area contributed by atoms with E-state index in [4.69, 9.17) is 9.90 Å². The Balaban J connectivity index is 0.000000360. The zero-order valence-electron chi connectivity index (χ0n) is 20.4. The first-order valence-electron chi connectivity index (χ1n) is 11.2. The standard InChI is InChI=1S/C17H27N3.C7H12N2OS.CH2O/c1-16(19-9-8-18-2)11-17(12-16)13-20(14-17)10-15-6-4-3-5-7-15;1-8-5-7(11-2)6-9-3-4-10;1-2/h3-7,18-19H,8-14H2,1-2H3;5-6,10H,1,3-4H2,2H3;1H2/b;7-5+,9-6?;. The molecule has 0 unspecified atom stereocenters. The smallest absolute Gasteiger partial charge is 0.106 e. The molecule has 0 amide bonds. The molecule has 1 saturated heterocycles. The molecular formula is C25H41N5O2S. The van der Waals surface area contributed by atoms with Crippen LogP contribution in [0.3, 0.4) is 0 Å². The van der Waals surface area contributed by atoms with Gasteiger partial charge in [0.1, 0.15) is 6.79 Å². The molecule has 0 radical (unpaired) electrons. The lowest BCUT2D eigenvalue weighted by molar-refractivity contribution is -0.115. The van der Waals surface area contributed by atoms with Gasteiger partial charge in [0.15, 0.2) is 0 Å². The van der Waals surface area contributed by atoms with Crippen LogP contribution in [0.5, 0.6) is 0 Å². The average Bonchev–Trinajstić information content (AvgIpc) is 2.79. The molecule has 1 spiro atoms. The third kappa shape index (κ3) is 10.3. The van der Waals surface area contributed by atoms with E-state index in [0.717, 1.165) is 24.5 Å². The molecule has 1 aromatic carbocycles. The Hall–Kier alpha value is -1.84. The summed E-state index contributed by atoms with van der Waals surface area (Å²) < 4.78 is 0. The summed E-state index contributed by atoms with van der Waals surface area (Å²) in [5.41, 5.74) is 2.45. The van der Waals surface area contributed by atoms with Gasteiger partial charge >= 0.3 is 0 Å². The van der Waals surface area contributed by atoms with Crippen molar-refractivity contribution in [3.05, 3.63) is 47.0 Å². The van der Waals surface area contributed by atoms with E-state index in [0.29, 0.717) is 17.5 Å². The predicted molar refractivity (Wildman–Crippen MR) is 142 cm³/mol. The Labute approximate surface area is 203 Å². The second-order valence-corrected chi connectivity index (χ2v) is 9.63. The topological polar surface area (TPSA) is 89.3 Å². The van der Waals surface area contributed by atoms with Gasteiger partial charge < -0.3 is 20.5 Å². The van der Waals surface area contributed by atoms with Crippen molar-refractivity contribution >= 4 is 31.5 Å². The number of aliphatic hydroxyl groups is 1. The molecular weight excluding hydrogens is 434 g/mol. The van der Waals surface area contributed by atoms with Gasteiger partial charge in [-0.1, -0.05) is 30.3 Å². The Kier molecular flexibility index (Phi) is 14.1. The van der Waals surface area contributed by atoms with Crippen molar-refractivity contribution in [3.63, 3.8) is 0 Å². The minimum Gasteiger partial charge on any atom is -0.394 e. The molecule has 184 valence electrons. The molecule has 0 bridgehead atoms. The first kappa shape index (κ1) is 29.2. The summed E-state index contributed by atoms with van der Waals surface area (Å²) in [6, 6.07) is 10.8. The van der Waals surface area contributed by atoms with Crippen LogP contribution in [-0.4, -0.2) is 87.9 Å². The van der Waals surface area contributed by atoms with E-state index in [1.165, 1.54) is 31.5 Å². The number of hydrogen-bond acceptors (Lipinski definition) is 8. The second-order valence-electron chi connectivity index (χ2n) is 8.75. The van der Waals surface area contributed by atoms with Gasteiger partial charge in [0.05, 0.1) is 13.2 Å². The highest BCUT2D eigenvalue weighted by atomic mass is 32.2. The number of thioether (sulfide) groups is 1.